The fourth-order valence-electron chi connectivity index (χ4n) is 3.23. The summed E-state index contributed by atoms with van der Waals surface area (Å²) in [6, 6.07) is 0. The van der Waals surface area contributed by atoms with Crippen LogP contribution >= 0.6 is 0 Å². The zero-order valence-corrected chi connectivity index (χ0v) is 11.2. The van der Waals surface area contributed by atoms with Gasteiger partial charge in [-0.1, -0.05) is 25.7 Å². The predicted molar refractivity (Wildman–Crippen MR) is 67.1 cm³/mol. The van der Waals surface area contributed by atoms with Gasteiger partial charge in [0.2, 0.25) is 10.0 Å². The van der Waals surface area contributed by atoms with Crippen LogP contribution in [-0.2, 0) is 14.8 Å². The second-order valence-corrected chi connectivity index (χ2v) is 7.35. The number of ether oxygens (including phenoxy) is 1. The maximum Gasteiger partial charge on any atom is 0.209 e. The molecular weight excluding hydrogens is 238 g/mol. The molecule has 2 rings (SSSR count). The van der Waals surface area contributed by atoms with Crippen molar-refractivity contribution in [1.29, 1.82) is 0 Å². The van der Waals surface area contributed by atoms with Crippen LogP contribution in [0.5, 0.6) is 0 Å². The van der Waals surface area contributed by atoms with Crippen LogP contribution < -0.4 is 5.14 Å². The molecule has 0 unspecified atom stereocenters. The lowest BCUT2D eigenvalue weighted by Crippen LogP contribution is -2.36. The number of nitrogens with two attached hydrogens (primary N) is 1. The molecule has 0 saturated heterocycles. The van der Waals surface area contributed by atoms with E-state index in [9.17, 15) is 8.42 Å². The molecule has 0 spiro atoms. The summed E-state index contributed by atoms with van der Waals surface area (Å²) in [5.74, 6) is 0.0900. The van der Waals surface area contributed by atoms with Crippen LogP contribution in [0.1, 0.15) is 51.4 Å². The highest BCUT2D eigenvalue weighted by Gasteiger charge is 2.38. The predicted octanol–water partition coefficient (Wildman–Crippen LogP) is 1.79. The highest BCUT2D eigenvalue weighted by Crippen LogP contribution is 2.40. The lowest BCUT2D eigenvalue weighted by atomic mass is 9.90. The van der Waals surface area contributed by atoms with Gasteiger partial charge in [-0.05, 0) is 25.7 Å². The second-order valence-electron chi connectivity index (χ2n) is 5.73. The van der Waals surface area contributed by atoms with Gasteiger partial charge in [-0.25, -0.2) is 13.6 Å². The summed E-state index contributed by atoms with van der Waals surface area (Å²) in [5.41, 5.74) is -0.198. The smallest absolute Gasteiger partial charge is 0.209 e. The van der Waals surface area contributed by atoms with E-state index >= 15 is 0 Å². The number of primary sulfonamides is 1. The van der Waals surface area contributed by atoms with Gasteiger partial charge in [-0.15, -0.1) is 0 Å². The Morgan fingerprint density at radius 3 is 2.24 bits per heavy atom. The third-order valence-corrected chi connectivity index (χ3v) is 5.11. The van der Waals surface area contributed by atoms with Gasteiger partial charge in [0.1, 0.15) is 0 Å². The largest absolute Gasteiger partial charge is 0.378 e. The van der Waals surface area contributed by atoms with E-state index in [1.54, 1.807) is 0 Å². The van der Waals surface area contributed by atoms with Gasteiger partial charge in [0.15, 0.2) is 0 Å². The van der Waals surface area contributed by atoms with Gasteiger partial charge < -0.3 is 4.74 Å². The van der Waals surface area contributed by atoms with E-state index < -0.39 is 10.0 Å². The average molecular weight is 261 g/mol. The lowest BCUT2D eigenvalue weighted by molar-refractivity contribution is 0.00371. The van der Waals surface area contributed by atoms with Crippen LogP contribution in [0, 0.1) is 5.41 Å². The van der Waals surface area contributed by atoms with Gasteiger partial charge in [0.05, 0.1) is 18.5 Å². The lowest BCUT2D eigenvalue weighted by Gasteiger charge is -2.29. The maximum atomic E-state index is 11.3. The Kier molecular flexibility index (Phi) is 4.10. The minimum atomic E-state index is -3.39. The van der Waals surface area contributed by atoms with Crippen molar-refractivity contribution < 1.29 is 13.2 Å². The van der Waals surface area contributed by atoms with Gasteiger partial charge >= 0.3 is 0 Å². The molecule has 0 radical (unpaired) electrons. The first-order chi connectivity index (χ1) is 7.99. The molecule has 4 nitrogen and oxygen atoms in total. The fraction of sp³-hybridized carbons (Fsp3) is 1.00. The Balaban J connectivity index is 1.91. The molecule has 0 amide bonds. The van der Waals surface area contributed by atoms with E-state index in [0.29, 0.717) is 12.7 Å². The van der Waals surface area contributed by atoms with Crippen LogP contribution in [0.4, 0.5) is 0 Å². The highest BCUT2D eigenvalue weighted by molar-refractivity contribution is 7.89. The molecule has 2 N–H and O–H groups in total. The average Bonchev–Trinajstić information content (AvgIpc) is 2.83. The standard InChI is InChI=1S/C12H23NO3S/c13-17(14,15)10-12(7-3-4-8-12)9-16-11-5-1-2-6-11/h11H,1-10H2,(H2,13,14,15). The highest BCUT2D eigenvalue weighted by atomic mass is 32.2. The van der Waals surface area contributed by atoms with Crippen LogP contribution in [0.2, 0.25) is 0 Å². The van der Waals surface area contributed by atoms with Crippen LogP contribution in [0.25, 0.3) is 0 Å². The summed E-state index contributed by atoms with van der Waals surface area (Å²) in [6.07, 6.45) is 9.18. The van der Waals surface area contributed by atoms with Crippen molar-refractivity contribution in [2.75, 3.05) is 12.4 Å². The van der Waals surface area contributed by atoms with E-state index in [1.165, 1.54) is 12.8 Å². The van der Waals surface area contributed by atoms with Crippen molar-refractivity contribution in [2.45, 2.75) is 57.5 Å². The molecule has 0 atom stereocenters. The third kappa shape index (κ3) is 3.93. The Morgan fingerprint density at radius 2 is 1.71 bits per heavy atom. The van der Waals surface area contributed by atoms with Crippen LogP contribution in [-0.4, -0.2) is 26.9 Å². The molecule has 2 fully saturated rings. The first-order valence-electron chi connectivity index (χ1n) is 6.61. The minimum absolute atomic E-state index is 0.0900. The minimum Gasteiger partial charge on any atom is -0.378 e. The number of hydrogen-bond acceptors (Lipinski definition) is 3. The molecule has 2 saturated carbocycles. The molecular formula is C12H23NO3S. The number of hydrogen-bond donors (Lipinski definition) is 1. The van der Waals surface area contributed by atoms with E-state index in [0.717, 1.165) is 38.5 Å². The molecule has 0 aromatic rings. The molecule has 0 aromatic heterocycles. The molecule has 17 heavy (non-hydrogen) atoms. The summed E-state index contributed by atoms with van der Waals surface area (Å²) in [6.45, 7) is 0.577. The second kappa shape index (κ2) is 5.24. The Hall–Kier alpha value is -0.130. The summed E-state index contributed by atoms with van der Waals surface area (Å²) < 4.78 is 28.5. The molecule has 2 aliphatic rings. The quantitative estimate of drug-likeness (QED) is 0.820. The fourth-order valence-corrected chi connectivity index (χ4v) is 4.46. The van der Waals surface area contributed by atoms with Crippen molar-refractivity contribution in [3.8, 4) is 0 Å². The van der Waals surface area contributed by atoms with Crippen molar-refractivity contribution in [1.82, 2.24) is 0 Å². The molecule has 5 heteroatoms. The zero-order valence-electron chi connectivity index (χ0n) is 10.4. The van der Waals surface area contributed by atoms with Gasteiger partial charge in [0, 0.05) is 5.41 Å². The van der Waals surface area contributed by atoms with Gasteiger partial charge in [-0.3, -0.25) is 0 Å². The van der Waals surface area contributed by atoms with E-state index in [4.69, 9.17) is 9.88 Å². The number of rotatable bonds is 5. The Bertz CT molecular complexity index is 341. The van der Waals surface area contributed by atoms with Gasteiger partial charge in [-0.2, -0.15) is 0 Å². The summed E-state index contributed by atoms with van der Waals surface area (Å²) in [4.78, 5) is 0. The molecule has 0 heterocycles. The third-order valence-electron chi connectivity index (χ3n) is 4.10. The van der Waals surface area contributed by atoms with Crippen molar-refractivity contribution in [2.24, 2.45) is 10.6 Å². The SMILES string of the molecule is NS(=O)(=O)CC1(COC2CCCC2)CCCC1. The topological polar surface area (TPSA) is 69.4 Å². The zero-order chi connectivity index (χ0) is 12.4. The van der Waals surface area contributed by atoms with Crippen LogP contribution in [0.15, 0.2) is 0 Å². The summed E-state index contributed by atoms with van der Waals surface area (Å²) >= 11 is 0. The van der Waals surface area contributed by atoms with Crippen molar-refractivity contribution >= 4 is 10.0 Å². The van der Waals surface area contributed by atoms with E-state index in [-0.39, 0.29) is 11.2 Å². The Labute approximate surface area is 104 Å². The molecule has 100 valence electrons. The molecule has 0 aliphatic heterocycles. The molecule has 0 bridgehead atoms. The van der Waals surface area contributed by atoms with Crippen LogP contribution in [0.3, 0.4) is 0 Å². The molecule has 0 aromatic carbocycles. The van der Waals surface area contributed by atoms with E-state index in [1.807, 2.05) is 0 Å². The monoisotopic (exact) mass is 261 g/mol. The van der Waals surface area contributed by atoms with Crippen molar-refractivity contribution in [3.05, 3.63) is 0 Å². The first-order valence-corrected chi connectivity index (χ1v) is 8.33. The molecule has 2 aliphatic carbocycles. The Morgan fingerprint density at radius 1 is 1.12 bits per heavy atom. The number of sulfonamides is 1. The summed E-state index contributed by atoms with van der Waals surface area (Å²) in [7, 11) is -3.39. The summed E-state index contributed by atoms with van der Waals surface area (Å²) in [5, 5.41) is 5.20. The van der Waals surface area contributed by atoms with E-state index in [2.05, 4.69) is 0 Å². The maximum absolute atomic E-state index is 11.3. The van der Waals surface area contributed by atoms with Gasteiger partial charge in [0.25, 0.3) is 0 Å². The normalized spacial score (nSPS) is 25.5. The first kappa shape index (κ1) is 13.3. The van der Waals surface area contributed by atoms with Crippen molar-refractivity contribution in [3.63, 3.8) is 0 Å².